The predicted molar refractivity (Wildman–Crippen MR) is 115 cm³/mol. The van der Waals surface area contributed by atoms with Gasteiger partial charge in [0.05, 0.1) is 13.0 Å². The van der Waals surface area contributed by atoms with Crippen molar-refractivity contribution in [2.24, 2.45) is 11.8 Å². The summed E-state index contributed by atoms with van der Waals surface area (Å²) < 4.78 is 5.16. The Labute approximate surface area is 178 Å². The summed E-state index contributed by atoms with van der Waals surface area (Å²) in [4.78, 5) is 39.9. The standard InChI is InChI=1S/C23H33N3O4/c1-4-15(2)21(23(29)24-17-7-5-6-8-17)25-22(28)16-13-20(27)26(14-16)18-9-11-19(30-3)12-10-18/h9-12,15-17,21H,4-8,13-14H2,1-3H3,(H,24,29)(H,25,28)/t15-,16-,21+/m1/s1. The van der Waals surface area contributed by atoms with Gasteiger partial charge in [-0.1, -0.05) is 33.1 Å². The molecule has 3 amide bonds. The summed E-state index contributed by atoms with van der Waals surface area (Å²) in [5.41, 5.74) is 0.744. The van der Waals surface area contributed by atoms with Gasteiger partial charge in [0.2, 0.25) is 17.7 Å². The van der Waals surface area contributed by atoms with E-state index in [1.165, 1.54) is 0 Å². The second-order valence-electron chi connectivity index (χ2n) is 8.47. The fourth-order valence-electron chi connectivity index (χ4n) is 4.23. The van der Waals surface area contributed by atoms with E-state index in [-0.39, 0.29) is 36.1 Å². The molecule has 2 aliphatic rings. The van der Waals surface area contributed by atoms with Gasteiger partial charge in [-0.25, -0.2) is 0 Å². The molecule has 7 nitrogen and oxygen atoms in total. The van der Waals surface area contributed by atoms with Crippen molar-refractivity contribution in [3.63, 3.8) is 0 Å². The average Bonchev–Trinajstić information content (AvgIpc) is 3.40. The van der Waals surface area contributed by atoms with E-state index >= 15 is 0 Å². The van der Waals surface area contributed by atoms with Crippen molar-refractivity contribution in [2.75, 3.05) is 18.6 Å². The van der Waals surface area contributed by atoms with Gasteiger partial charge in [0, 0.05) is 24.7 Å². The summed E-state index contributed by atoms with van der Waals surface area (Å²) in [7, 11) is 1.59. The lowest BCUT2D eigenvalue weighted by atomic mass is 9.96. The van der Waals surface area contributed by atoms with Crippen LogP contribution in [0.1, 0.15) is 52.4 Å². The number of anilines is 1. The van der Waals surface area contributed by atoms with Crippen LogP contribution < -0.4 is 20.3 Å². The molecule has 1 saturated heterocycles. The van der Waals surface area contributed by atoms with Crippen LogP contribution >= 0.6 is 0 Å². The SMILES string of the molecule is CC[C@@H](C)[C@H](NC(=O)[C@@H]1CC(=O)N(c2ccc(OC)cc2)C1)C(=O)NC1CCCC1. The van der Waals surface area contributed by atoms with E-state index in [9.17, 15) is 14.4 Å². The van der Waals surface area contributed by atoms with E-state index in [0.29, 0.717) is 12.3 Å². The van der Waals surface area contributed by atoms with E-state index < -0.39 is 12.0 Å². The number of carbonyl (C=O) groups is 3. The Morgan fingerprint density at radius 3 is 2.47 bits per heavy atom. The first-order valence-corrected chi connectivity index (χ1v) is 11.0. The topological polar surface area (TPSA) is 87.7 Å². The van der Waals surface area contributed by atoms with Crippen molar-refractivity contribution >= 4 is 23.4 Å². The van der Waals surface area contributed by atoms with Gasteiger partial charge < -0.3 is 20.3 Å². The summed E-state index contributed by atoms with van der Waals surface area (Å²) in [6, 6.07) is 6.85. The number of amides is 3. The molecule has 0 unspecified atom stereocenters. The molecule has 1 heterocycles. The molecule has 3 atom stereocenters. The molecule has 1 aliphatic heterocycles. The van der Waals surface area contributed by atoms with Crippen LogP contribution in [-0.4, -0.2) is 43.5 Å². The quantitative estimate of drug-likeness (QED) is 0.683. The van der Waals surface area contributed by atoms with Gasteiger partial charge in [-0.15, -0.1) is 0 Å². The Hall–Kier alpha value is -2.57. The van der Waals surface area contributed by atoms with Crippen molar-refractivity contribution in [2.45, 2.75) is 64.5 Å². The van der Waals surface area contributed by atoms with E-state index in [2.05, 4.69) is 10.6 Å². The molecule has 1 saturated carbocycles. The monoisotopic (exact) mass is 415 g/mol. The van der Waals surface area contributed by atoms with Crippen molar-refractivity contribution in [3.05, 3.63) is 24.3 Å². The number of carbonyl (C=O) groups excluding carboxylic acids is 3. The largest absolute Gasteiger partial charge is 0.497 e. The highest BCUT2D eigenvalue weighted by Crippen LogP contribution is 2.27. The number of methoxy groups -OCH3 is 1. The molecule has 1 aromatic rings. The second-order valence-corrected chi connectivity index (χ2v) is 8.47. The van der Waals surface area contributed by atoms with Crippen molar-refractivity contribution < 1.29 is 19.1 Å². The number of ether oxygens (including phenoxy) is 1. The normalized spacial score (nSPS) is 21.4. The molecular weight excluding hydrogens is 382 g/mol. The molecule has 30 heavy (non-hydrogen) atoms. The molecule has 164 valence electrons. The maximum absolute atomic E-state index is 13.0. The molecule has 2 fully saturated rings. The Kier molecular flexibility index (Phi) is 7.34. The number of benzene rings is 1. The van der Waals surface area contributed by atoms with Crippen molar-refractivity contribution in [1.82, 2.24) is 10.6 Å². The minimum Gasteiger partial charge on any atom is -0.497 e. The lowest BCUT2D eigenvalue weighted by Crippen LogP contribution is -2.53. The number of nitrogens with one attached hydrogen (secondary N) is 2. The van der Waals surface area contributed by atoms with Gasteiger partial charge in [0.25, 0.3) is 0 Å². The Morgan fingerprint density at radius 2 is 1.87 bits per heavy atom. The Bertz CT molecular complexity index is 758. The highest BCUT2D eigenvalue weighted by molar-refractivity contribution is 6.01. The van der Waals surface area contributed by atoms with Crippen molar-refractivity contribution in [3.8, 4) is 5.75 Å². The van der Waals surface area contributed by atoms with Crippen LogP contribution in [0.2, 0.25) is 0 Å². The van der Waals surface area contributed by atoms with Gasteiger partial charge >= 0.3 is 0 Å². The van der Waals surface area contributed by atoms with Crippen LogP contribution in [0.3, 0.4) is 0 Å². The fourth-order valence-corrected chi connectivity index (χ4v) is 4.23. The first-order valence-electron chi connectivity index (χ1n) is 11.0. The zero-order valence-electron chi connectivity index (χ0n) is 18.1. The lowest BCUT2D eigenvalue weighted by molar-refractivity contribution is -0.132. The third kappa shape index (κ3) is 5.12. The molecule has 0 radical (unpaired) electrons. The Morgan fingerprint density at radius 1 is 1.20 bits per heavy atom. The van der Waals surface area contributed by atoms with E-state index in [1.54, 1.807) is 24.1 Å². The van der Waals surface area contributed by atoms with E-state index in [1.807, 2.05) is 26.0 Å². The number of hydrogen-bond acceptors (Lipinski definition) is 4. The molecular formula is C23H33N3O4. The average molecular weight is 416 g/mol. The zero-order chi connectivity index (χ0) is 21.7. The van der Waals surface area contributed by atoms with Crippen LogP contribution in [0.5, 0.6) is 5.75 Å². The maximum Gasteiger partial charge on any atom is 0.243 e. The molecule has 0 bridgehead atoms. The van der Waals surface area contributed by atoms with Gasteiger partial charge in [-0.05, 0) is 43.0 Å². The molecule has 2 N–H and O–H groups in total. The molecule has 3 rings (SSSR count). The highest BCUT2D eigenvalue weighted by atomic mass is 16.5. The third-order valence-electron chi connectivity index (χ3n) is 6.37. The maximum atomic E-state index is 13.0. The lowest BCUT2D eigenvalue weighted by Gasteiger charge is -2.26. The second kappa shape index (κ2) is 9.96. The summed E-state index contributed by atoms with van der Waals surface area (Å²) >= 11 is 0. The van der Waals surface area contributed by atoms with Crippen molar-refractivity contribution in [1.29, 1.82) is 0 Å². The zero-order valence-corrected chi connectivity index (χ0v) is 18.1. The number of nitrogens with zero attached hydrogens (tertiary/aromatic N) is 1. The molecule has 1 aliphatic carbocycles. The van der Waals surface area contributed by atoms with Gasteiger partial charge in [-0.3, -0.25) is 14.4 Å². The highest BCUT2D eigenvalue weighted by Gasteiger charge is 2.37. The minimum atomic E-state index is -0.576. The van der Waals surface area contributed by atoms with Crippen LogP contribution in [0.25, 0.3) is 0 Å². The first kappa shape index (κ1) is 22.1. The van der Waals surface area contributed by atoms with Crippen LogP contribution in [-0.2, 0) is 14.4 Å². The van der Waals surface area contributed by atoms with Crippen LogP contribution in [0.4, 0.5) is 5.69 Å². The number of hydrogen-bond donors (Lipinski definition) is 2. The molecule has 0 spiro atoms. The number of rotatable bonds is 8. The Balaban J connectivity index is 1.63. The third-order valence-corrected chi connectivity index (χ3v) is 6.37. The first-order chi connectivity index (χ1) is 14.4. The summed E-state index contributed by atoms with van der Waals surface area (Å²) in [6.45, 7) is 4.30. The molecule has 0 aromatic heterocycles. The van der Waals surface area contributed by atoms with Gasteiger partial charge in [0.1, 0.15) is 11.8 Å². The van der Waals surface area contributed by atoms with Gasteiger partial charge in [-0.2, -0.15) is 0 Å². The summed E-state index contributed by atoms with van der Waals surface area (Å²) in [5, 5.41) is 6.05. The summed E-state index contributed by atoms with van der Waals surface area (Å²) in [6.07, 6.45) is 5.20. The smallest absolute Gasteiger partial charge is 0.243 e. The minimum absolute atomic E-state index is 0.0187. The van der Waals surface area contributed by atoms with Crippen LogP contribution in [0, 0.1) is 11.8 Å². The predicted octanol–water partition coefficient (Wildman–Crippen LogP) is 2.64. The van der Waals surface area contributed by atoms with Gasteiger partial charge in [0.15, 0.2) is 0 Å². The van der Waals surface area contributed by atoms with E-state index in [4.69, 9.17) is 4.74 Å². The molecule has 1 aromatic carbocycles. The fraction of sp³-hybridized carbons (Fsp3) is 0.609. The molecule has 7 heteroatoms. The summed E-state index contributed by atoms with van der Waals surface area (Å²) in [5.74, 6) is -0.164. The van der Waals surface area contributed by atoms with Crippen LogP contribution in [0.15, 0.2) is 24.3 Å². The van der Waals surface area contributed by atoms with E-state index in [0.717, 1.165) is 37.8 Å².